The summed E-state index contributed by atoms with van der Waals surface area (Å²) in [6.45, 7) is 0. The van der Waals surface area contributed by atoms with Gasteiger partial charge in [0.05, 0.1) is 17.6 Å². The Balaban J connectivity index is 2.21. The van der Waals surface area contributed by atoms with Gasteiger partial charge in [-0.2, -0.15) is 0 Å². The minimum Gasteiger partial charge on any atom is -0.399 e. The Bertz CT molecular complexity index is 824. The third-order valence-corrected chi connectivity index (χ3v) is 3.26. The second kappa shape index (κ2) is 8.79. The topological polar surface area (TPSA) is 79.8 Å². The maximum Gasteiger partial charge on any atom is 0.242 e. The van der Waals surface area contributed by atoms with Crippen molar-refractivity contribution < 1.29 is 32.0 Å². The first-order valence-corrected chi connectivity index (χ1v) is 7.40. The zero-order valence-corrected chi connectivity index (χ0v) is 13.8. The number of amides is 2. The maximum atomic E-state index is 13.7. The zero-order valence-electron chi connectivity index (χ0n) is 13.8. The van der Waals surface area contributed by atoms with Crippen molar-refractivity contribution in [2.24, 2.45) is 11.1 Å². The Hall–Kier alpha value is -3.43. The number of carbonyl (C=O) groups is 2. The van der Waals surface area contributed by atoms with Crippen LogP contribution in [-0.2, 0) is 14.4 Å². The molecule has 0 aliphatic rings. The van der Waals surface area contributed by atoms with Crippen molar-refractivity contribution >= 4 is 29.4 Å². The Labute approximate surface area is 150 Å². The number of halogens is 4. The summed E-state index contributed by atoms with van der Waals surface area (Å²) in [7, 11) is 1.16. The number of benzene rings is 2. The third kappa shape index (κ3) is 5.27. The molecule has 0 spiro atoms. The predicted octanol–water partition coefficient (Wildman–Crippen LogP) is 3.07. The molecule has 0 atom stereocenters. The Morgan fingerprint density at radius 1 is 0.926 bits per heavy atom. The molecular weight excluding hydrogens is 370 g/mol. The SMILES string of the molecule is CO/N=C/C(C(=O)Nc1ccc(F)cc1F)C(=O)Nc1ccc(F)cc1F. The molecule has 0 saturated carbocycles. The molecule has 0 bridgehead atoms. The van der Waals surface area contributed by atoms with E-state index in [0.29, 0.717) is 12.1 Å². The highest BCUT2D eigenvalue weighted by Gasteiger charge is 2.27. The lowest BCUT2D eigenvalue weighted by Gasteiger charge is -2.14. The standard InChI is InChI=1S/C17H13F4N3O3/c1-27-22-8-11(16(25)23-14-4-2-9(18)6-12(14)20)17(26)24-15-5-3-10(19)7-13(15)21/h2-8,11H,1H3,(H,23,25)(H,24,26)/b22-8+. The number of hydrogen-bond donors (Lipinski definition) is 2. The van der Waals surface area contributed by atoms with Crippen LogP contribution in [-0.4, -0.2) is 25.1 Å². The Morgan fingerprint density at radius 3 is 1.74 bits per heavy atom. The highest BCUT2D eigenvalue weighted by atomic mass is 19.1. The molecule has 2 aromatic carbocycles. The molecule has 6 nitrogen and oxygen atoms in total. The first kappa shape index (κ1) is 19.9. The van der Waals surface area contributed by atoms with Gasteiger partial charge in [-0.1, -0.05) is 5.16 Å². The summed E-state index contributed by atoms with van der Waals surface area (Å²) in [5.74, 6) is -7.56. The molecule has 0 aliphatic carbocycles. The number of rotatable bonds is 6. The zero-order chi connectivity index (χ0) is 20.0. The van der Waals surface area contributed by atoms with Crippen molar-refractivity contribution in [3.8, 4) is 0 Å². The van der Waals surface area contributed by atoms with Crippen molar-refractivity contribution in [1.82, 2.24) is 0 Å². The summed E-state index contributed by atoms with van der Waals surface area (Å²) >= 11 is 0. The molecule has 0 aromatic heterocycles. The average Bonchev–Trinajstić information content (AvgIpc) is 2.60. The summed E-state index contributed by atoms with van der Waals surface area (Å²) < 4.78 is 53.2. The van der Waals surface area contributed by atoms with Crippen LogP contribution in [0.1, 0.15) is 0 Å². The van der Waals surface area contributed by atoms with Crippen molar-refractivity contribution in [3.05, 3.63) is 59.7 Å². The minimum atomic E-state index is -1.65. The third-order valence-electron chi connectivity index (χ3n) is 3.26. The molecule has 0 fully saturated rings. The van der Waals surface area contributed by atoms with Crippen molar-refractivity contribution in [1.29, 1.82) is 0 Å². The summed E-state index contributed by atoms with van der Waals surface area (Å²) in [5, 5.41) is 7.51. The van der Waals surface area contributed by atoms with Gasteiger partial charge in [0.15, 0.2) is 5.92 Å². The van der Waals surface area contributed by atoms with Crippen LogP contribution in [0.25, 0.3) is 0 Å². The van der Waals surface area contributed by atoms with Crippen LogP contribution in [0.2, 0.25) is 0 Å². The van der Waals surface area contributed by atoms with Gasteiger partial charge in [0, 0.05) is 12.1 Å². The van der Waals surface area contributed by atoms with E-state index in [0.717, 1.165) is 37.6 Å². The maximum absolute atomic E-state index is 13.7. The van der Waals surface area contributed by atoms with Gasteiger partial charge < -0.3 is 15.5 Å². The van der Waals surface area contributed by atoms with Crippen molar-refractivity contribution in [2.75, 3.05) is 17.7 Å². The van der Waals surface area contributed by atoms with Crippen LogP contribution >= 0.6 is 0 Å². The van der Waals surface area contributed by atoms with Crippen LogP contribution in [0, 0.1) is 29.2 Å². The minimum absolute atomic E-state index is 0.377. The molecule has 142 valence electrons. The second-order valence-corrected chi connectivity index (χ2v) is 5.14. The number of anilines is 2. The van der Waals surface area contributed by atoms with E-state index in [2.05, 4.69) is 20.6 Å². The van der Waals surface area contributed by atoms with Crippen molar-refractivity contribution in [2.45, 2.75) is 0 Å². The number of nitrogens with one attached hydrogen (secondary N) is 2. The number of hydrogen-bond acceptors (Lipinski definition) is 4. The lowest BCUT2D eigenvalue weighted by molar-refractivity contribution is -0.126. The summed E-state index contributed by atoms with van der Waals surface area (Å²) in [4.78, 5) is 29.0. The Kier molecular flexibility index (Phi) is 6.47. The molecule has 0 saturated heterocycles. The predicted molar refractivity (Wildman–Crippen MR) is 89.0 cm³/mol. The smallest absolute Gasteiger partial charge is 0.242 e. The van der Waals surface area contributed by atoms with E-state index >= 15 is 0 Å². The molecule has 27 heavy (non-hydrogen) atoms. The quantitative estimate of drug-likeness (QED) is 0.348. The average molecular weight is 383 g/mol. The van der Waals surface area contributed by atoms with E-state index in [1.165, 1.54) is 0 Å². The van der Waals surface area contributed by atoms with Gasteiger partial charge in [0.25, 0.3) is 0 Å². The van der Waals surface area contributed by atoms with E-state index in [-0.39, 0.29) is 11.4 Å². The highest BCUT2D eigenvalue weighted by Crippen LogP contribution is 2.18. The van der Waals surface area contributed by atoms with Crippen LogP contribution in [0.5, 0.6) is 0 Å². The summed E-state index contributed by atoms with van der Waals surface area (Å²) in [6.07, 6.45) is 0.799. The highest BCUT2D eigenvalue weighted by molar-refractivity contribution is 6.20. The van der Waals surface area contributed by atoms with Gasteiger partial charge in [-0.05, 0) is 24.3 Å². The monoisotopic (exact) mass is 383 g/mol. The molecule has 2 aromatic rings. The number of nitrogens with zero attached hydrogens (tertiary/aromatic N) is 1. The van der Waals surface area contributed by atoms with E-state index in [4.69, 9.17) is 0 Å². The van der Waals surface area contributed by atoms with Crippen LogP contribution in [0.4, 0.5) is 28.9 Å². The summed E-state index contributed by atoms with van der Waals surface area (Å²) in [6, 6.07) is 4.83. The van der Waals surface area contributed by atoms with Gasteiger partial charge in [-0.3, -0.25) is 9.59 Å². The van der Waals surface area contributed by atoms with E-state index < -0.39 is 41.0 Å². The largest absolute Gasteiger partial charge is 0.399 e. The van der Waals surface area contributed by atoms with Crippen molar-refractivity contribution in [3.63, 3.8) is 0 Å². The molecule has 0 radical (unpaired) electrons. The van der Waals surface area contributed by atoms with E-state index in [9.17, 15) is 27.2 Å². The second-order valence-electron chi connectivity index (χ2n) is 5.14. The Morgan fingerprint density at radius 2 is 1.37 bits per heavy atom. The molecule has 0 aliphatic heterocycles. The van der Waals surface area contributed by atoms with Gasteiger partial charge in [0.2, 0.25) is 11.8 Å². The van der Waals surface area contributed by atoms with E-state index in [1.807, 2.05) is 0 Å². The summed E-state index contributed by atoms with van der Waals surface area (Å²) in [5.41, 5.74) is -0.754. The molecule has 2 N–H and O–H groups in total. The number of carbonyl (C=O) groups excluding carboxylic acids is 2. The molecule has 10 heteroatoms. The first-order valence-electron chi connectivity index (χ1n) is 7.40. The van der Waals surface area contributed by atoms with Gasteiger partial charge in [0.1, 0.15) is 30.4 Å². The van der Waals surface area contributed by atoms with Crippen LogP contribution < -0.4 is 10.6 Å². The fourth-order valence-corrected chi connectivity index (χ4v) is 1.98. The lowest BCUT2D eigenvalue weighted by Crippen LogP contribution is -2.35. The fourth-order valence-electron chi connectivity index (χ4n) is 1.98. The number of oxime groups is 1. The molecule has 0 unspecified atom stereocenters. The van der Waals surface area contributed by atoms with Crippen LogP contribution in [0.3, 0.4) is 0 Å². The van der Waals surface area contributed by atoms with Gasteiger partial charge >= 0.3 is 0 Å². The molecule has 0 heterocycles. The first-order chi connectivity index (χ1) is 12.8. The molecule has 2 rings (SSSR count). The lowest BCUT2D eigenvalue weighted by atomic mass is 10.1. The van der Waals surface area contributed by atoms with Gasteiger partial charge in [-0.15, -0.1) is 0 Å². The molecular formula is C17H13F4N3O3. The van der Waals surface area contributed by atoms with E-state index in [1.54, 1.807) is 0 Å². The van der Waals surface area contributed by atoms with Crippen LogP contribution in [0.15, 0.2) is 41.6 Å². The fraction of sp³-hybridized carbons (Fsp3) is 0.118. The molecule has 2 amide bonds. The van der Waals surface area contributed by atoms with Gasteiger partial charge in [-0.25, -0.2) is 17.6 Å². The normalized spacial score (nSPS) is 10.9.